The van der Waals surface area contributed by atoms with Crippen LogP contribution < -0.4 is 22.1 Å². The van der Waals surface area contributed by atoms with Crippen molar-refractivity contribution < 1.29 is 4.79 Å². The van der Waals surface area contributed by atoms with Crippen molar-refractivity contribution in [2.75, 3.05) is 0 Å². The second-order valence-corrected chi connectivity index (χ2v) is 2.19. The SMILES string of the molecule is NC(=S)NC(=O)NC(N)=S. The van der Waals surface area contributed by atoms with Gasteiger partial charge in [-0.1, -0.05) is 0 Å². The molecule has 0 fully saturated rings. The Labute approximate surface area is 68.1 Å². The minimum Gasteiger partial charge on any atom is -0.376 e. The van der Waals surface area contributed by atoms with Crippen molar-refractivity contribution >= 4 is 40.7 Å². The van der Waals surface area contributed by atoms with Crippen LogP contribution in [0.2, 0.25) is 0 Å². The topological polar surface area (TPSA) is 93.2 Å². The number of carbonyl (C=O) groups is 1. The smallest absolute Gasteiger partial charge is 0.327 e. The summed E-state index contributed by atoms with van der Waals surface area (Å²) >= 11 is 8.69. The summed E-state index contributed by atoms with van der Waals surface area (Å²) in [5.74, 6) is 0. The maximum absolute atomic E-state index is 10.5. The highest BCUT2D eigenvalue weighted by atomic mass is 32.1. The Hall–Kier alpha value is -0.950. The molecule has 0 radical (unpaired) electrons. The summed E-state index contributed by atoms with van der Waals surface area (Å²) < 4.78 is 0. The number of carbonyl (C=O) groups excluding carboxylic acids is 1. The van der Waals surface area contributed by atoms with E-state index in [-0.39, 0.29) is 10.2 Å². The monoisotopic (exact) mass is 178 g/mol. The lowest BCUT2D eigenvalue weighted by Crippen LogP contribution is -2.46. The molecular formula is C3H6N4OS2. The molecule has 0 bridgehead atoms. The quantitative estimate of drug-likeness (QED) is 0.349. The fraction of sp³-hybridized carbons (Fsp3) is 0. The van der Waals surface area contributed by atoms with Crippen molar-refractivity contribution in [1.82, 2.24) is 10.6 Å². The molecule has 0 atom stereocenters. The highest BCUT2D eigenvalue weighted by Gasteiger charge is 1.99. The summed E-state index contributed by atoms with van der Waals surface area (Å²) in [6.45, 7) is 0. The predicted molar refractivity (Wildman–Crippen MR) is 45.2 cm³/mol. The average Bonchev–Trinajstić information content (AvgIpc) is 1.58. The van der Waals surface area contributed by atoms with Crippen LogP contribution in [0.4, 0.5) is 4.79 Å². The molecular weight excluding hydrogens is 172 g/mol. The normalized spacial score (nSPS) is 8.00. The maximum atomic E-state index is 10.5. The van der Waals surface area contributed by atoms with Gasteiger partial charge in [0, 0.05) is 0 Å². The number of thiocarbonyl (C=S) groups is 2. The van der Waals surface area contributed by atoms with Gasteiger partial charge in [-0.3, -0.25) is 10.6 Å². The zero-order valence-electron chi connectivity index (χ0n) is 4.88. The van der Waals surface area contributed by atoms with Crippen molar-refractivity contribution in [1.29, 1.82) is 0 Å². The van der Waals surface area contributed by atoms with Crippen LogP contribution in [0.3, 0.4) is 0 Å². The second-order valence-electron chi connectivity index (χ2n) is 1.31. The van der Waals surface area contributed by atoms with E-state index < -0.39 is 6.03 Å². The molecule has 0 unspecified atom stereocenters. The highest BCUT2D eigenvalue weighted by Crippen LogP contribution is 1.64. The van der Waals surface area contributed by atoms with E-state index in [0.717, 1.165) is 0 Å². The van der Waals surface area contributed by atoms with Gasteiger partial charge in [0.25, 0.3) is 0 Å². The van der Waals surface area contributed by atoms with Gasteiger partial charge < -0.3 is 11.5 Å². The molecule has 0 saturated heterocycles. The Morgan fingerprint density at radius 1 is 1.10 bits per heavy atom. The van der Waals surface area contributed by atoms with Crippen molar-refractivity contribution in [3.63, 3.8) is 0 Å². The number of hydrogen-bond donors (Lipinski definition) is 4. The molecule has 0 aliphatic heterocycles. The van der Waals surface area contributed by atoms with Crippen LogP contribution in [0.15, 0.2) is 0 Å². The first kappa shape index (κ1) is 9.05. The molecule has 0 spiro atoms. The van der Waals surface area contributed by atoms with Crippen LogP contribution >= 0.6 is 24.4 Å². The second kappa shape index (κ2) is 3.96. The fourth-order valence-electron chi connectivity index (χ4n) is 0.255. The predicted octanol–water partition coefficient (Wildman–Crippen LogP) is -1.23. The van der Waals surface area contributed by atoms with Gasteiger partial charge in [0.15, 0.2) is 10.2 Å². The van der Waals surface area contributed by atoms with Crippen molar-refractivity contribution in [2.24, 2.45) is 11.5 Å². The zero-order chi connectivity index (χ0) is 8.15. The molecule has 6 N–H and O–H groups in total. The average molecular weight is 178 g/mol. The Kier molecular flexibility index (Phi) is 3.59. The third-order valence-corrected chi connectivity index (χ3v) is 0.678. The van der Waals surface area contributed by atoms with E-state index in [1.54, 1.807) is 0 Å². The molecule has 0 saturated carbocycles. The van der Waals surface area contributed by atoms with Gasteiger partial charge in [0.1, 0.15) is 0 Å². The van der Waals surface area contributed by atoms with E-state index in [1.807, 2.05) is 0 Å². The molecule has 5 nitrogen and oxygen atoms in total. The molecule has 0 aliphatic rings. The van der Waals surface area contributed by atoms with Crippen LogP contribution in [0.5, 0.6) is 0 Å². The molecule has 10 heavy (non-hydrogen) atoms. The first-order valence-electron chi connectivity index (χ1n) is 2.19. The minimum absolute atomic E-state index is 0.131. The molecule has 0 aliphatic carbocycles. The molecule has 2 amide bonds. The summed E-state index contributed by atoms with van der Waals surface area (Å²) in [5.41, 5.74) is 9.89. The van der Waals surface area contributed by atoms with Gasteiger partial charge in [0.2, 0.25) is 0 Å². The molecule has 0 aromatic rings. The zero-order valence-corrected chi connectivity index (χ0v) is 6.51. The van der Waals surface area contributed by atoms with E-state index in [9.17, 15) is 4.79 Å². The van der Waals surface area contributed by atoms with Gasteiger partial charge in [-0.15, -0.1) is 0 Å². The van der Waals surface area contributed by atoms with Gasteiger partial charge in [-0.05, 0) is 24.4 Å². The summed E-state index contributed by atoms with van der Waals surface area (Å²) in [6.07, 6.45) is 0. The fourth-order valence-corrected chi connectivity index (χ4v) is 0.440. The molecule has 0 aromatic heterocycles. The summed E-state index contributed by atoms with van der Waals surface area (Å²) in [7, 11) is 0. The van der Waals surface area contributed by atoms with Crippen molar-refractivity contribution in [3.05, 3.63) is 0 Å². The Bertz CT molecular complexity index is 161. The summed E-state index contributed by atoms with van der Waals surface area (Å²) in [6, 6.07) is -0.625. The molecule has 0 aromatic carbocycles. The van der Waals surface area contributed by atoms with Crippen molar-refractivity contribution in [2.45, 2.75) is 0 Å². The Morgan fingerprint density at radius 2 is 1.40 bits per heavy atom. The lowest BCUT2D eigenvalue weighted by Gasteiger charge is -2.01. The van der Waals surface area contributed by atoms with E-state index >= 15 is 0 Å². The van der Waals surface area contributed by atoms with Crippen LogP contribution in [0.1, 0.15) is 0 Å². The van der Waals surface area contributed by atoms with E-state index in [4.69, 9.17) is 11.5 Å². The van der Waals surface area contributed by atoms with Crippen LogP contribution in [-0.4, -0.2) is 16.3 Å². The van der Waals surface area contributed by atoms with Gasteiger partial charge in [-0.2, -0.15) is 0 Å². The molecule has 0 heterocycles. The lowest BCUT2D eigenvalue weighted by atomic mass is 10.9. The summed E-state index contributed by atoms with van der Waals surface area (Å²) in [4.78, 5) is 10.5. The van der Waals surface area contributed by atoms with E-state index in [1.165, 1.54) is 0 Å². The standard InChI is InChI=1S/C3H6N4OS2/c4-1(9)6-3(8)7-2(5)10/h(H6,4,5,6,7,8,9,10). The third-order valence-electron chi connectivity index (χ3n) is 0.473. The van der Waals surface area contributed by atoms with Crippen LogP contribution in [-0.2, 0) is 0 Å². The molecule has 0 rings (SSSR count). The van der Waals surface area contributed by atoms with Crippen LogP contribution in [0.25, 0.3) is 0 Å². The van der Waals surface area contributed by atoms with Gasteiger partial charge >= 0.3 is 6.03 Å². The van der Waals surface area contributed by atoms with E-state index in [0.29, 0.717) is 0 Å². The third kappa shape index (κ3) is 5.19. The lowest BCUT2D eigenvalue weighted by molar-refractivity contribution is 0.249. The van der Waals surface area contributed by atoms with Crippen LogP contribution in [0, 0.1) is 0 Å². The highest BCUT2D eigenvalue weighted by molar-refractivity contribution is 7.80. The number of rotatable bonds is 0. The molecule has 56 valence electrons. The number of nitrogens with two attached hydrogens (primary N) is 2. The number of nitrogens with one attached hydrogen (secondary N) is 2. The summed E-state index contributed by atoms with van der Waals surface area (Å²) in [5, 5.41) is 3.87. The van der Waals surface area contributed by atoms with Gasteiger partial charge in [0.05, 0.1) is 0 Å². The maximum Gasteiger partial charge on any atom is 0.327 e. The van der Waals surface area contributed by atoms with E-state index in [2.05, 4.69) is 35.1 Å². The Balaban J connectivity index is 3.65. The number of amides is 2. The number of urea groups is 1. The first-order chi connectivity index (χ1) is 4.52. The Morgan fingerprint density at radius 3 is 1.60 bits per heavy atom. The molecule has 7 heteroatoms. The minimum atomic E-state index is -0.625. The van der Waals surface area contributed by atoms with Crippen molar-refractivity contribution in [3.8, 4) is 0 Å². The first-order valence-corrected chi connectivity index (χ1v) is 3.01. The number of hydrogen-bond acceptors (Lipinski definition) is 3. The van der Waals surface area contributed by atoms with Gasteiger partial charge in [-0.25, -0.2) is 4.79 Å². The largest absolute Gasteiger partial charge is 0.376 e.